The zero-order valence-corrected chi connectivity index (χ0v) is 12.0. The summed E-state index contributed by atoms with van der Waals surface area (Å²) in [5.74, 6) is 2.87. The van der Waals surface area contributed by atoms with Gasteiger partial charge >= 0.3 is 0 Å². The molecular weight excluding hydrogens is 256 g/mol. The Balaban J connectivity index is 1.87. The molecule has 1 fully saturated rings. The molecule has 2 heterocycles. The average molecular weight is 274 g/mol. The molecule has 3 rings (SSSR count). The van der Waals surface area contributed by atoms with Crippen LogP contribution < -0.4 is 11.1 Å². The lowest BCUT2D eigenvalue weighted by Gasteiger charge is -2.16. The quantitative estimate of drug-likeness (QED) is 0.896. The van der Waals surface area contributed by atoms with E-state index in [1.54, 1.807) is 11.3 Å². The van der Waals surface area contributed by atoms with Crippen LogP contribution in [0, 0.1) is 6.92 Å². The van der Waals surface area contributed by atoms with E-state index in [-0.39, 0.29) is 6.04 Å². The van der Waals surface area contributed by atoms with E-state index >= 15 is 0 Å². The van der Waals surface area contributed by atoms with E-state index in [4.69, 9.17) is 5.73 Å². The summed E-state index contributed by atoms with van der Waals surface area (Å²) in [6.45, 7) is 4.10. The van der Waals surface area contributed by atoms with Gasteiger partial charge in [0.25, 0.3) is 0 Å². The van der Waals surface area contributed by atoms with E-state index in [1.165, 1.54) is 18.4 Å². The normalized spacial score (nSPS) is 16.3. The molecule has 0 aromatic carbocycles. The Kier molecular flexibility index (Phi) is 3.14. The summed E-state index contributed by atoms with van der Waals surface area (Å²) in [6.07, 6.45) is 2.37. The second-order valence-electron chi connectivity index (χ2n) is 5.14. The molecule has 2 aromatic heterocycles. The van der Waals surface area contributed by atoms with Crippen molar-refractivity contribution in [2.75, 3.05) is 11.1 Å². The molecule has 5 heteroatoms. The lowest BCUT2D eigenvalue weighted by atomic mass is 10.1. The second kappa shape index (κ2) is 4.81. The molecule has 0 radical (unpaired) electrons. The van der Waals surface area contributed by atoms with E-state index in [1.807, 2.05) is 6.92 Å². The highest BCUT2D eigenvalue weighted by molar-refractivity contribution is 7.07. The number of hydrogen-bond donors (Lipinski definition) is 2. The zero-order chi connectivity index (χ0) is 13.4. The Labute approximate surface area is 117 Å². The number of nitrogen functional groups attached to an aromatic ring is 1. The third-order valence-corrected chi connectivity index (χ3v) is 4.24. The number of nitrogens with one attached hydrogen (secondary N) is 1. The van der Waals surface area contributed by atoms with Gasteiger partial charge < -0.3 is 11.1 Å². The van der Waals surface area contributed by atoms with Gasteiger partial charge in [-0.25, -0.2) is 9.97 Å². The van der Waals surface area contributed by atoms with Gasteiger partial charge in [-0.15, -0.1) is 0 Å². The maximum absolute atomic E-state index is 5.99. The maximum Gasteiger partial charge on any atom is 0.136 e. The topological polar surface area (TPSA) is 63.8 Å². The summed E-state index contributed by atoms with van der Waals surface area (Å²) < 4.78 is 0. The SMILES string of the molecule is Cc1c(N)nc(C2CC2)nc1NC(C)c1ccsc1. The fourth-order valence-electron chi connectivity index (χ4n) is 2.03. The molecule has 0 bridgehead atoms. The van der Waals surface area contributed by atoms with E-state index in [9.17, 15) is 0 Å². The number of nitrogens with zero attached hydrogens (tertiary/aromatic N) is 2. The van der Waals surface area contributed by atoms with Crippen LogP contribution in [0.15, 0.2) is 16.8 Å². The van der Waals surface area contributed by atoms with Crippen LogP contribution in [-0.4, -0.2) is 9.97 Å². The summed E-state index contributed by atoms with van der Waals surface area (Å²) in [4.78, 5) is 9.04. The number of anilines is 2. The largest absolute Gasteiger partial charge is 0.383 e. The molecule has 1 aliphatic carbocycles. The highest BCUT2D eigenvalue weighted by Crippen LogP contribution is 2.39. The third kappa shape index (κ3) is 2.56. The molecule has 2 aromatic rings. The van der Waals surface area contributed by atoms with Crippen LogP contribution >= 0.6 is 11.3 Å². The van der Waals surface area contributed by atoms with Crippen molar-refractivity contribution in [1.82, 2.24) is 9.97 Å². The first-order chi connectivity index (χ1) is 9.15. The van der Waals surface area contributed by atoms with Crippen molar-refractivity contribution >= 4 is 23.0 Å². The molecule has 100 valence electrons. The number of thiophene rings is 1. The molecule has 3 N–H and O–H groups in total. The van der Waals surface area contributed by atoms with Crippen molar-refractivity contribution < 1.29 is 0 Å². The van der Waals surface area contributed by atoms with E-state index in [0.29, 0.717) is 11.7 Å². The number of nitrogens with two attached hydrogens (primary N) is 1. The van der Waals surface area contributed by atoms with Gasteiger partial charge in [-0.1, -0.05) is 0 Å². The number of rotatable bonds is 4. The Hall–Kier alpha value is -1.62. The number of aromatic nitrogens is 2. The van der Waals surface area contributed by atoms with Gasteiger partial charge in [-0.05, 0) is 49.1 Å². The highest BCUT2D eigenvalue weighted by Gasteiger charge is 2.28. The van der Waals surface area contributed by atoms with Crippen LogP contribution in [0.25, 0.3) is 0 Å². The summed E-state index contributed by atoms with van der Waals surface area (Å²) >= 11 is 1.71. The minimum absolute atomic E-state index is 0.228. The standard InChI is InChI=1S/C14H18N4S/c1-8-12(15)17-14(10-3-4-10)18-13(8)16-9(2)11-5-6-19-7-11/h5-7,9-10H,3-4H2,1-2H3,(H3,15,16,17,18). The fourth-order valence-corrected chi connectivity index (χ4v) is 2.78. The van der Waals surface area contributed by atoms with Crippen LogP contribution in [-0.2, 0) is 0 Å². The maximum atomic E-state index is 5.99. The lowest BCUT2D eigenvalue weighted by molar-refractivity contribution is 0.854. The van der Waals surface area contributed by atoms with Crippen molar-refractivity contribution in [2.24, 2.45) is 0 Å². The molecule has 1 aliphatic rings. The lowest BCUT2D eigenvalue weighted by Crippen LogP contribution is -2.12. The molecular formula is C14H18N4S. The van der Waals surface area contributed by atoms with Gasteiger partial charge in [-0.3, -0.25) is 0 Å². The third-order valence-electron chi connectivity index (χ3n) is 3.54. The van der Waals surface area contributed by atoms with Gasteiger partial charge in [0.15, 0.2) is 0 Å². The van der Waals surface area contributed by atoms with Crippen molar-refractivity contribution in [3.63, 3.8) is 0 Å². The van der Waals surface area contributed by atoms with Crippen molar-refractivity contribution in [3.05, 3.63) is 33.8 Å². The summed E-state index contributed by atoms with van der Waals surface area (Å²) in [5, 5.41) is 7.69. The van der Waals surface area contributed by atoms with Crippen LogP contribution in [0.5, 0.6) is 0 Å². The molecule has 1 atom stereocenters. The van der Waals surface area contributed by atoms with Crippen molar-refractivity contribution in [1.29, 1.82) is 0 Å². The van der Waals surface area contributed by atoms with Crippen molar-refractivity contribution in [3.8, 4) is 0 Å². The predicted octanol–water partition coefficient (Wildman–Crippen LogP) is 3.48. The van der Waals surface area contributed by atoms with E-state index < -0.39 is 0 Å². The van der Waals surface area contributed by atoms with Crippen LogP contribution in [0.4, 0.5) is 11.6 Å². The van der Waals surface area contributed by atoms with Gasteiger partial charge in [-0.2, -0.15) is 11.3 Å². The van der Waals surface area contributed by atoms with Crippen LogP contribution in [0.1, 0.15) is 48.7 Å². The minimum Gasteiger partial charge on any atom is -0.383 e. The minimum atomic E-state index is 0.228. The Bertz CT molecular complexity index is 575. The first-order valence-corrected chi connectivity index (χ1v) is 7.52. The van der Waals surface area contributed by atoms with E-state index in [0.717, 1.165) is 17.2 Å². The molecule has 0 amide bonds. The van der Waals surface area contributed by atoms with Gasteiger partial charge in [0.05, 0.1) is 6.04 Å². The summed E-state index contributed by atoms with van der Waals surface area (Å²) in [6, 6.07) is 2.36. The summed E-state index contributed by atoms with van der Waals surface area (Å²) in [7, 11) is 0. The highest BCUT2D eigenvalue weighted by atomic mass is 32.1. The Morgan fingerprint density at radius 1 is 1.42 bits per heavy atom. The molecule has 1 saturated carbocycles. The van der Waals surface area contributed by atoms with Gasteiger partial charge in [0.2, 0.25) is 0 Å². The fraction of sp³-hybridized carbons (Fsp3) is 0.429. The molecule has 1 unspecified atom stereocenters. The predicted molar refractivity (Wildman–Crippen MR) is 79.5 cm³/mol. The Morgan fingerprint density at radius 3 is 2.84 bits per heavy atom. The first kappa shape index (κ1) is 12.4. The molecule has 0 aliphatic heterocycles. The zero-order valence-electron chi connectivity index (χ0n) is 11.2. The van der Waals surface area contributed by atoms with E-state index in [2.05, 4.69) is 39.0 Å². The summed E-state index contributed by atoms with van der Waals surface area (Å²) in [5.41, 5.74) is 8.20. The van der Waals surface area contributed by atoms with Crippen LogP contribution in [0.2, 0.25) is 0 Å². The first-order valence-electron chi connectivity index (χ1n) is 6.58. The smallest absolute Gasteiger partial charge is 0.136 e. The average Bonchev–Trinajstić information content (AvgIpc) is 3.09. The molecule has 19 heavy (non-hydrogen) atoms. The number of hydrogen-bond acceptors (Lipinski definition) is 5. The van der Waals surface area contributed by atoms with Gasteiger partial charge in [0, 0.05) is 11.5 Å². The van der Waals surface area contributed by atoms with Crippen LogP contribution in [0.3, 0.4) is 0 Å². The van der Waals surface area contributed by atoms with Gasteiger partial charge in [0.1, 0.15) is 17.5 Å². The molecule has 0 spiro atoms. The molecule has 4 nitrogen and oxygen atoms in total. The second-order valence-corrected chi connectivity index (χ2v) is 5.92. The van der Waals surface area contributed by atoms with Crippen molar-refractivity contribution in [2.45, 2.75) is 38.6 Å². The monoisotopic (exact) mass is 274 g/mol. The molecule has 0 saturated heterocycles. The Morgan fingerprint density at radius 2 is 2.21 bits per heavy atom.